The Balaban J connectivity index is 2.84. The molecule has 3 nitrogen and oxygen atoms in total. The van der Waals surface area contributed by atoms with Gasteiger partial charge in [-0.25, -0.2) is 5.84 Å². The number of halogens is 1. The van der Waals surface area contributed by atoms with E-state index in [2.05, 4.69) is 0 Å². The molecular weight excluding hydrogens is 179 g/mol. The zero-order valence-electron chi connectivity index (χ0n) is 6.08. The van der Waals surface area contributed by atoms with Crippen LogP contribution < -0.4 is 11.3 Å². The summed E-state index contributed by atoms with van der Waals surface area (Å²) in [4.78, 5) is 11.3. The molecule has 0 fully saturated rings. The summed E-state index contributed by atoms with van der Waals surface area (Å²) < 4.78 is 11.9. The molecule has 0 saturated heterocycles. The van der Waals surface area contributed by atoms with E-state index in [-0.39, 0.29) is 18.1 Å². The van der Waals surface area contributed by atoms with Crippen molar-refractivity contribution < 1.29 is 8.68 Å². The van der Waals surface area contributed by atoms with Crippen molar-refractivity contribution in [2.75, 3.05) is 0 Å². The van der Waals surface area contributed by atoms with Gasteiger partial charge in [0.15, 0.2) is 0 Å². The van der Waals surface area contributed by atoms with Crippen molar-refractivity contribution in [3.63, 3.8) is 0 Å². The van der Waals surface area contributed by atoms with Crippen LogP contribution in [0.3, 0.4) is 0 Å². The molecule has 1 aromatic carbocycles. The van der Waals surface area contributed by atoms with Crippen LogP contribution in [0.2, 0.25) is 0 Å². The molecule has 3 N–H and O–H groups in total. The number of hydrogen-bond acceptors (Lipinski definition) is 3. The van der Waals surface area contributed by atoms with Crippen molar-refractivity contribution in [2.24, 2.45) is 5.84 Å². The number of nitrogens with one attached hydrogen (secondary N) is 1. The first kappa shape index (κ1) is 9.02. The number of hydrogen-bond donors (Lipinski definition) is 2. The molecule has 0 saturated carbocycles. The van der Waals surface area contributed by atoms with Crippen LogP contribution in [-0.4, -0.2) is 5.91 Å². The first-order chi connectivity index (χ1) is 5.77. The van der Waals surface area contributed by atoms with Crippen LogP contribution >= 0.6 is 12.1 Å². The van der Waals surface area contributed by atoms with E-state index in [4.69, 9.17) is 5.84 Å². The second-order valence-electron chi connectivity index (χ2n) is 2.07. The zero-order chi connectivity index (χ0) is 8.97. The topological polar surface area (TPSA) is 55.1 Å². The van der Waals surface area contributed by atoms with Crippen molar-refractivity contribution in [1.29, 1.82) is 0 Å². The standard InChI is InChI=1S/C7H7FN2OS/c8-12-6-3-1-5(2-4-6)7(11)10-9/h1-4H,9H2,(H,10,11). The van der Waals surface area contributed by atoms with Gasteiger partial charge < -0.3 is 0 Å². The molecule has 12 heavy (non-hydrogen) atoms. The molecule has 0 atom stereocenters. The molecule has 0 spiro atoms. The van der Waals surface area contributed by atoms with E-state index in [1.807, 2.05) is 5.43 Å². The first-order valence-electron chi connectivity index (χ1n) is 3.17. The Kier molecular flexibility index (Phi) is 3.07. The average molecular weight is 186 g/mol. The molecule has 0 aromatic heterocycles. The monoisotopic (exact) mass is 186 g/mol. The molecular formula is C7H7FN2OS. The van der Waals surface area contributed by atoms with Gasteiger partial charge in [0.25, 0.3) is 5.91 Å². The van der Waals surface area contributed by atoms with Crippen molar-refractivity contribution in [3.05, 3.63) is 29.8 Å². The van der Waals surface area contributed by atoms with Crippen LogP contribution in [0.4, 0.5) is 3.89 Å². The van der Waals surface area contributed by atoms with E-state index >= 15 is 0 Å². The van der Waals surface area contributed by atoms with Gasteiger partial charge in [-0.05, 0) is 24.3 Å². The van der Waals surface area contributed by atoms with Gasteiger partial charge in [0, 0.05) is 10.5 Å². The van der Waals surface area contributed by atoms with Gasteiger partial charge >= 0.3 is 0 Å². The Hall–Kier alpha value is -1.07. The zero-order valence-corrected chi connectivity index (χ0v) is 6.90. The van der Waals surface area contributed by atoms with Gasteiger partial charge in [-0.2, -0.15) is 3.89 Å². The Morgan fingerprint density at radius 3 is 2.42 bits per heavy atom. The van der Waals surface area contributed by atoms with E-state index in [1.54, 1.807) is 0 Å². The maximum atomic E-state index is 11.9. The summed E-state index contributed by atoms with van der Waals surface area (Å²) in [6, 6.07) is 6.03. The van der Waals surface area contributed by atoms with Gasteiger partial charge in [-0.3, -0.25) is 10.2 Å². The summed E-state index contributed by atoms with van der Waals surface area (Å²) in [5, 5.41) is 0. The average Bonchev–Trinajstić information content (AvgIpc) is 2.17. The Morgan fingerprint density at radius 2 is 2.00 bits per heavy atom. The second kappa shape index (κ2) is 4.08. The summed E-state index contributed by atoms with van der Waals surface area (Å²) in [6.45, 7) is 0. The number of benzene rings is 1. The first-order valence-corrected chi connectivity index (χ1v) is 3.89. The highest BCUT2D eigenvalue weighted by Crippen LogP contribution is 2.18. The Bertz CT molecular complexity index is 275. The predicted octanol–water partition coefficient (Wildman–Crippen LogP) is 1.27. The third kappa shape index (κ3) is 1.96. The molecule has 5 heteroatoms. The van der Waals surface area contributed by atoms with E-state index in [0.717, 1.165) is 0 Å². The van der Waals surface area contributed by atoms with Crippen molar-refractivity contribution in [1.82, 2.24) is 5.43 Å². The number of amides is 1. The third-order valence-electron chi connectivity index (χ3n) is 1.34. The Morgan fingerprint density at radius 1 is 1.42 bits per heavy atom. The largest absolute Gasteiger partial charge is 0.290 e. The molecule has 1 amide bonds. The summed E-state index contributed by atoms with van der Waals surface area (Å²) in [5.41, 5.74) is 2.39. The molecule has 0 aliphatic rings. The minimum absolute atomic E-state index is 0.134. The molecule has 0 bridgehead atoms. The number of carbonyl (C=O) groups excluding carboxylic acids is 1. The predicted molar refractivity (Wildman–Crippen MR) is 45.1 cm³/mol. The van der Waals surface area contributed by atoms with E-state index in [0.29, 0.717) is 10.5 Å². The molecule has 0 radical (unpaired) electrons. The summed E-state index contributed by atoms with van der Waals surface area (Å²) in [6.07, 6.45) is 0. The Labute approximate surface area is 73.4 Å². The fourth-order valence-corrected chi connectivity index (χ4v) is 0.980. The number of hydrazine groups is 1. The van der Waals surface area contributed by atoms with Gasteiger partial charge in [0.1, 0.15) is 0 Å². The quantitative estimate of drug-likeness (QED) is 0.415. The lowest BCUT2D eigenvalue weighted by Crippen LogP contribution is -2.29. The fraction of sp³-hybridized carbons (Fsp3) is 0. The molecule has 0 aliphatic heterocycles. The molecule has 0 unspecified atom stereocenters. The lowest BCUT2D eigenvalue weighted by atomic mass is 10.2. The van der Waals surface area contributed by atoms with Crippen LogP contribution in [-0.2, 0) is 0 Å². The highest BCUT2D eigenvalue weighted by molar-refractivity contribution is 7.94. The minimum atomic E-state index is -0.384. The van der Waals surface area contributed by atoms with E-state index < -0.39 is 0 Å². The summed E-state index contributed by atoms with van der Waals surface area (Å²) in [5.74, 6) is 4.51. The summed E-state index contributed by atoms with van der Waals surface area (Å²) >= 11 is 0.134. The molecule has 1 aromatic rings. The lowest BCUT2D eigenvalue weighted by molar-refractivity contribution is 0.0953. The van der Waals surface area contributed by atoms with Gasteiger partial charge in [0.05, 0.1) is 12.1 Å². The highest BCUT2D eigenvalue weighted by atomic mass is 32.2. The summed E-state index contributed by atoms with van der Waals surface area (Å²) in [7, 11) is 0. The second-order valence-corrected chi connectivity index (χ2v) is 2.70. The van der Waals surface area contributed by atoms with Crippen LogP contribution in [0.15, 0.2) is 29.2 Å². The van der Waals surface area contributed by atoms with Crippen LogP contribution in [0.5, 0.6) is 0 Å². The lowest BCUT2D eigenvalue weighted by Gasteiger charge is -1.98. The SMILES string of the molecule is NNC(=O)c1ccc(SF)cc1. The number of rotatable bonds is 2. The molecule has 64 valence electrons. The minimum Gasteiger partial charge on any atom is -0.290 e. The number of nitrogens with two attached hydrogens (primary N) is 1. The van der Waals surface area contributed by atoms with E-state index in [1.165, 1.54) is 24.3 Å². The van der Waals surface area contributed by atoms with Crippen molar-refractivity contribution in [3.8, 4) is 0 Å². The van der Waals surface area contributed by atoms with Gasteiger partial charge in [-0.15, -0.1) is 0 Å². The third-order valence-corrected chi connectivity index (χ3v) is 1.79. The maximum absolute atomic E-state index is 11.9. The molecule has 1 rings (SSSR count). The van der Waals surface area contributed by atoms with Crippen molar-refractivity contribution >= 4 is 18.1 Å². The highest BCUT2D eigenvalue weighted by Gasteiger charge is 2.01. The van der Waals surface area contributed by atoms with Crippen LogP contribution in [0.1, 0.15) is 10.4 Å². The number of nitrogen functional groups attached to an aromatic ring is 1. The molecule has 0 heterocycles. The number of carbonyl (C=O) groups is 1. The van der Waals surface area contributed by atoms with Gasteiger partial charge in [-0.1, -0.05) is 0 Å². The van der Waals surface area contributed by atoms with E-state index in [9.17, 15) is 8.68 Å². The normalized spacial score (nSPS) is 9.50. The maximum Gasteiger partial charge on any atom is 0.265 e. The molecule has 0 aliphatic carbocycles. The smallest absolute Gasteiger partial charge is 0.265 e. The van der Waals surface area contributed by atoms with Crippen molar-refractivity contribution in [2.45, 2.75) is 4.90 Å². The fourth-order valence-electron chi connectivity index (χ4n) is 0.741. The van der Waals surface area contributed by atoms with Crippen LogP contribution in [0.25, 0.3) is 0 Å². The van der Waals surface area contributed by atoms with Crippen LogP contribution in [0, 0.1) is 0 Å². The van der Waals surface area contributed by atoms with Gasteiger partial charge in [0.2, 0.25) is 0 Å².